The van der Waals surface area contributed by atoms with Gasteiger partial charge >= 0.3 is 0 Å². The van der Waals surface area contributed by atoms with Crippen LogP contribution in [-0.2, 0) is 4.74 Å². The Hall–Kier alpha value is -0.0400. The molecule has 0 aromatic carbocycles. The smallest absolute Gasteiger partial charge is 0.0685 e. The molecule has 2 fully saturated rings. The summed E-state index contributed by atoms with van der Waals surface area (Å²) in [7, 11) is 0. The highest BCUT2D eigenvalue weighted by atomic mass is 16.5. The van der Waals surface area contributed by atoms with Gasteiger partial charge in [0.05, 0.1) is 11.7 Å². The molecule has 2 saturated heterocycles. The van der Waals surface area contributed by atoms with Crippen molar-refractivity contribution in [1.29, 1.82) is 0 Å². The van der Waals surface area contributed by atoms with Gasteiger partial charge in [-0.2, -0.15) is 0 Å². The third-order valence-corrected chi connectivity index (χ3v) is 3.06. The molecule has 52 valence electrons. The first-order chi connectivity index (χ1) is 4.21. The van der Waals surface area contributed by atoms with Crippen LogP contribution in [0.1, 0.15) is 33.1 Å². The molecule has 0 amide bonds. The van der Waals surface area contributed by atoms with E-state index in [1.165, 1.54) is 19.3 Å². The molecule has 2 aliphatic rings. The number of rotatable bonds is 0. The Morgan fingerprint density at radius 1 is 1.56 bits per heavy atom. The van der Waals surface area contributed by atoms with Crippen molar-refractivity contribution in [1.82, 2.24) is 0 Å². The summed E-state index contributed by atoms with van der Waals surface area (Å²) in [5.41, 5.74) is 0.269. The van der Waals surface area contributed by atoms with Crippen LogP contribution < -0.4 is 0 Å². The minimum absolute atomic E-state index is 0.269. The Labute approximate surface area is 56.4 Å². The molecule has 2 rings (SSSR count). The van der Waals surface area contributed by atoms with Crippen molar-refractivity contribution in [3.8, 4) is 0 Å². The normalized spacial score (nSPS) is 56.7. The van der Waals surface area contributed by atoms with Crippen molar-refractivity contribution in [3.63, 3.8) is 0 Å². The van der Waals surface area contributed by atoms with Crippen molar-refractivity contribution < 1.29 is 4.74 Å². The van der Waals surface area contributed by atoms with Gasteiger partial charge in [0.1, 0.15) is 0 Å². The minimum atomic E-state index is 0.269. The molecule has 0 N–H and O–H groups in total. The van der Waals surface area contributed by atoms with E-state index in [-0.39, 0.29) is 5.60 Å². The SMILES string of the molecule is C[C@H]1C[C@@H]2CC[C@@]1(C)O2. The first-order valence-electron chi connectivity index (χ1n) is 3.88. The van der Waals surface area contributed by atoms with Gasteiger partial charge in [0.2, 0.25) is 0 Å². The zero-order chi connectivity index (χ0) is 6.48. The van der Waals surface area contributed by atoms with E-state index in [9.17, 15) is 0 Å². The van der Waals surface area contributed by atoms with Crippen molar-refractivity contribution in [3.05, 3.63) is 0 Å². The van der Waals surface area contributed by atoms with Crippen LogP contribution in [0.2, 0.25) is 0 Å². The molecule has 2 bridgehead atoms. The standard InChI is InChI=1S/C8H14O/c1-6-5-7-3-4-8(6,2)9-7/h6-7H,3-5H2,1-2H3/t6-,7-,8+/m0/s1. The lowest BCUT2D eigenvalue weighted by molar-refractivity contribution is 0.0106. The maximum absolute atomic E-state index is 5.77. The van der Waals surface area contributed by atoms with E-state index in [0.717, 1.165) is 5.92 Å². The van der Waals surface area contributed by atoms with E-state index in [1.54, 1.807) is 0 Å². The Balaban J connectivity index is 2.22. The lowest BCUT2D eigenvalue weighted by Crippen LogP contribution is -2.27. The van der Waals surface area contributed by atoms with Gasteiger partial charge in [0.15, 0.2) is 0 Å². The molecule has 0 spiro atoms. The van der Waals surface area contributed by atoms with Crippen molar-refractivity contribution in [2.45, 2.75) is 44.8 Å². The van der Waals surface area contributed by atoms with E-state index in [4.69, 9.17) is 4.74 Å². The minimum Gasteiger partial charge on any atom is -0.372 e. The van der Waals surface area contributed by atoms with E-state index < -0.39 is 0 Å². The first kappa shape index (κ1) is 5.72. The second kappa shape index (κ2) is 1.51. The molecule has 1 nitrogen and oxygen atoms in total. The number of hydrogen-bond acceptors (Lipinski definition) is 1. The maximum atomic E-state index is 5.77. The lowest BCUT2D eigenvalue weighted by Gasteiger charge is -2.24. The molecule has 0 aromatic heterocycles. The monoisotopic (exact) mass is 126 g/mol. The Kier molecular flexibility index (Phi) is 0.963. The van der Waals surface area contributed by atoms with Gasteiger partial charge in [-0.1, -0.05) is 6.92 Å². The molecule has 9 heavy (non-hydrogen) atoms. The summed E-state index contributed by atoms with van der Waals surface area (Å²) in [5.74, 6) is 0.802. The fourth-order valence-corrected chi connectivity index (χ4v) is 2.12. The van der Waals surface area contributed by atoms with Gasteiger partial charge in [-0.15, -0.1) is 0 Å². The van der Waals surface area contributed by atoms with Crippen LogP contribution >= 0.6 is 0 Å². The van der Waals surface area contributed by atoms with Gasteiger partial charge in [-0.25, -0.2) is 0 Å². The number of hydrogen-bond donors (Lipinski definition) is 0. The fourth-order valence-electron chi connectivity index (χ4n) is 2.12. The van der Waals surface area contributed by atoms with E-state index in [2.05, 4.69) is 13.8 Å². The molecule has 0 aromatic rings. The molecule has 0 aliphatic carbocycles. The molecule has 3 atom stereocenters. The van der Waals surface area contributed by atoms with Gasteiger partial charge in [-0.3, -0.25) is 0 Å². The van der Waals surface area contributed by atoms with Crippen LogP contribution in [0.3, 0.4) is 0 Å². The van der Waals surface area contributed by atoms with E-state index >= 15 is 0 Å². The van der Waals surface area contributed by atoms with Crippen molar-refractivity contribution in [2.24, 2.45) is 5.92 Å². The molecule has 0 saturated carbocycles. The topological polar surface area (TPSA) is 9.23 Å². The van der Waals surface area contributed by atoms with Crippen LogP contribution in [0.5, 0.6) is 0 Å². The van der Waals surface area contributed by atoms with E-state index in [1.807, 2.05) is 0 Å². The fraction of sp³-hybridized carbons (Fsp3) is 1.00. The van der Waals surface area contributed by atoms with E-state index in [0.29, 0.717) is 6.10 Å². The summed E-state index contributed by atoms with van der Waals surface area (Å²) in [6.45, 7) is 4.56. The molecule has 1 heteroatoms. The summed E-state index contributed by atoms with van der Waals surface area (Å²) in [4.78, 5) is 0. The van der Waals surface area contributed by atoms with Gasteiger partial charge < -0.3 is 4.74 Å². The second-order valence-electron chi connectivity index (χ2n) is 3.73. The maximum Gasteiger partial charge on any atom is 0.0685 e. The second-order valence-corrected chi connectivity index (χ2v) is 3.73. The molecule has 2 heterocycles. The van der Waals surface area contributed by atoms with Crippen LogP contribution in [0, 0.1) is 5.92 Å². The summed E-state index contributed by atoms with van der Waals surface area (Å²) in [6.07, 6.45) is 4.51. The van der Waals surface area contributed by atoms with Gasteiger partial charge in [0, 0.05) is 0 Å². The Bertz CT molecular complexity index is 133. The summed E-state index contributed by atoms with van der Waals surface area (Å²) in [5, 5.41) is 0. The zero-order valence-corrected chi connectivity index (χ0v) is 6.18. The molecule has 0 radical (unpaired) electrons. The quantitative estimate of drug-likeness (QED) is 0.482. The highest BCUT2D eigenvalue weighted by molar-refractivity contribution is 4.96. The third-order valence-electron chi connectivity index (χ3n) is 3.06. The molecule has 2 aliphatic heterocycles. The largest absolute Gasteiger partial charge is 0.372 e. The Morgan fingerprint density at radius 2 is 2.33 bits per heavy atom. The van der Waals surface area contributed by atoms with Crippen LogP contribution in [0.4, 0.5) is 0 Å². The van der Waals surface area contributed by atoms with Gasteiger partial charge in [0.25, 0.3) is 0 Å². The average molecular weight is 126 g/mol. The predicted molar refractivity (Wildman–Crippen MR) is 36.3 cm³/mol. The summed E-state index contributed by atoms with van der Waals surface area (Å²) in [6, 6.07) is 0. The zero-order valence-electron chi connectivity index (χ0n) is 6.18. The third kappa shape index (κ3) is 0.644. The van der Waals surface area contributed by atoms with Gasteiger partial charge in [-0.05, 0) is 32.1 Å². The predicted octanol–water partition coefficient (Wildman–Crippen LogP) is 1.96. The van der Waals surface area contributed by atoms with Crippen LogP contribution in [-0.4, -0.2) is 11.7 Å². The van der Waals surface area contributed by atoms with Crippen molar-refractivity contribution in [2.75, 3.05) is 0 Å². The summed E-state index contributed by atoms with van der Waals surface area (Å²) < 4.78 is 5.77. The summed E-state index contributed by atoms with van der Waals surface area (Å²) >= 11 is 0. The molecule has 0 unspecified atom stereocenters. The van der Waals surface area contributed by atoms with Crippen LogP contribution in [0.25, 0.3) is 0 Å². The van der Waals surface area contributed by atoms with Crippen molar-refractivity contribution >= 4 is 0 Å². The number of fused-ring (bicyclic) bond motifs is 2. The molecular weight excluding hydrogens is 112 g/mol. The average Bonchev–Trinajstić information content (AvgIpc) is 2.22. The lowest BCUT2D eigenvalue weighted by atomic mass is 9.81. The highest BCUT2D eigenvalue weighted by Gasteiger charge is 2.47. The van der Waals surface area contributed by atoms with Crippen LogP contribution in [0.15, 0.2) is 0 Å². The highest BCUT2D eigenvalue weighted by Crippen LogP contribution is 2.46. The first-order valence-corrected chi connectivity index (χ1v) is 3.88. The number of ether oxygens (including phenoxy) is 1. The Morgan fingerprint density at radius 3 is 2.56 bits per heavy atom. The molecular formula is C8H14O.